The lowest BCUT2D eigenvalue weighted by molar-refractivity contribution is -0.131. The van der Waals surface area contributed by atoms with Crippen molar-refractivity contribution in [2.75, 3.05) is 4.90 Å². The molecule has 1 aliphatic rings. The zero-order valence-corrected chi connectivity index (χ0v) is 16.3. The monoisotopic (exact) mass is 433 g/mol. The van der Waals surface area contributed by atoms with Gasteiger partial charge in [0, 0.05) is 11.4 Å². The van der Waals surface area contributed by atoms with Gasteiger partial charge in [0.05, 0.1) is 10.6 Å². The molecule has 1 fully saturated rings. The van der Waals surface area contributed by atoms with Gasteiger partial charge >= 0.3 is 5.97 Å². The van der Waals surface area contributed by atoms with Crippen LogP contribution in [0, 0.1) is 0 Å². The summed E-state index contributed by atoms with van der Waals surface area (Å²) in [6, 6.07) is 14.3. The number of amides is 1. The first-order chi connectivity index (χ1) is 11.9. The minimum absolute atomic E-state index is 0.151. The molecule has 1 amide bonds. The molecule has 3 rings (SSSR count). The summed E-state index contributed by atoms with van der Waals surface area (Å²) in [7, 11) is 0. The third kappa shape index (κ3) is 4.18. The number of hydrogen-bond acceptors (Lipinski definition) is 5. The first kappa shape index (κ1) is 17.8. The lowest BCUT2D eigenvalue weighted by Crippen LogP contribution is -2.27. The number of halogens is 1. The number of thioether (sulfide) groups is 1. The minimum Gasteiger partial charge on any atom is -0.427 e. The third-order valence-electron chi connectivity index (χ3n) is 3.32. The summed E-state index contributed by atoms with van der Waals surface area (Å²) in [6.07, 6.45) is 1.77. The number of rotatable bonds is 3. The molecule has 7 heteroatoms. The second-order valence-corrected chi connectivity index (χ2v) is 7.75. The van der Waals surface area contributed by atoms with Gasteiger partial charge in [0.15, 0.2) is 4.32 Å². The summed E-state index contributed by atoms with van der Waals surface area (Å²) in [6.45, 7) is 1.35. The Morgan fingerprint density at radius 2 is 1.80 bits per heavy atom. The Balaban J connectivity index is 1.82. The Labute approximate surface area is 163 Å². The fourth-order valence-electron chi connectivity index (χ4n) is 2.23. The molecule has 0 atom stereocenters. The van der Waals surface area contributed by atoms with Gasteiger partial charge in [-0.3, -0.25) is 14.5 Å². The smallest absolute Gasteiger partial charge is 0.308 e. The normalized spacial score (nSPS) is 15.8. The van der Waals surface area contributed by atoms with Crippen molar-refractivity contribution in [1.29, 1.82) is 0 Å². The average molecular weight is 434 g/mol. The predicted molar refractivity (Wildman–Crippen MR) is 108 cm³/mol. The SMILES string of the molecule is CC(=O)Oc1ccc(C=C2SC(=S)N(c3ccc(Br)cc3)C2=O)cc1. The van der Waals surface area contributed by atoms with Crippen molar-refractivity contribution < 1.29 is 14.3 Å². The molecule has 0 aliphatic carbocycles. The highest BCUT2D eigenvalue weighted by molar-refractivity contribution is 9.10. The molecule has 1 heterocycles. The number of carbonyl (C=O) groups excluding carboxylic acids is 2. The summed E-state index contributed by atoms with van der Waals surface area (Å²) in [5, 5.41) is 0. The van der Waals surface area contributed by atoms with Gasteiger partial charge in [-0.2, -0.15) is 0 Å². The standard InChI is InChI=1S/C18H12BrNO3S2/c1-11(21)23-15-8-2-12(3-9-15)10-16-17(22)20(18(24)25-16)14-6-4-13(19)5-7-14/h2-10H,1H3. The molecule has 4 nitrogen and oxygen atoms in total. The zero-order chi connectivity index (χ0) is 18.0. The Morgan fingerprint density at radius 1 is 1.16 bits per heavy atom. The van der Waals surface area contributed by atoms with Crippen LogP contribution in [0.3, 0.4) is 0 Å². The van der Waals surface area contributed by atoms with Crippen LogP contribution in [0.2, 0.25) is 0 Å². The maximum Gasteiger partial charge on any atom is 0.308 e. The molecule has 2 aromatic rings. The fourth-order valence-corrected chi connectivity index (χ4v) is 3.79. The van der Waals surface area contributed by atoms with Gasteiger partial charge in [-0.05, 0) is 48.0 Å². The van der Waals surface area contributed by atoms with E-state index in [9.17, 15) is 9.59 Å². The Hall–Kier alpha value is -1.96. The molecule has 1 aliphatic heterocycles. The van der Waals surface area contributed by atoms with E-state index in [4.69, 9.17) is 17.0 Å². The van der Waals surface area contributed by atoms with E-state index in [0.29, 0.717) is 15.0 Å². The minimum atomic E-state index is -0.372. The highest BCUT2D eigenvalue weighted by atomic mass is 79.9. The number of carbonyl (C=O) groups is 2. The molecule has 0 saturated carbocycles. The molecule has 126 valence electrons. The molecular weight excluding hydrogens is 422 g/mol. The Kier molecular flexibility index (Phi) is 5.36. The highest BCUT2D eigenvalue weighted by Gasteiger charge is 2.33. The molecule has 0 spiro atoms. The van der Waals surface area contributed by atoms with Crippen LogP contribution in [0.1, 0.15) is 12.5 Å². The summed E-state index contributed by atoms with van der Waals surface area (Å²) < 4.78 is 6.43. The molecule has 2 aromatic carbocycles. The predicted octanol–water partition coefficient (Wildman–Crippen LogP) is 4.78. The van der Waals surface area contributed by atoms with Crippen molar-refractivity contribution in [3.8, 4) is 5.75 Å². The molecular formula is C18H12BrNO3S2. The van der Waals surface area contributed by atoms with E-state index in [-0.39, 0.29) is 11.9 Å². The Bertz CT molecular complexity index is 876. The van der Waals surface area contributed by atoms with Crippen LogP contribution in [0.4, 0.5) is 5.69 Å². The Morgan fingerprint density at radius 3 is 2.40 bits per heavy atom. The fraction of sp³-hybridized carbons (Fsp3) is 0.0556. The number of thiocarbonyl (C=S) groups is 1. The van der Waals surface area contributed by atoms with Crippen molar-refractivity contribution in [2.24, 2.45) is 0 Å². The van der Waals surface area contributed by atoms with E-state index < -0.39 is 0 Å². The van der Waals surface area contributed by atoms with Crippen LogP contribution < -0.4 is 9.64 Å². The van der Waals surface area contributed by atoms with E-state index >= 15 is 0 Å². The van der Waals surface area contributed by atoms with Crippen molar-refractivity contribution in [3.05, 3.63) is 63.5 Å². The van der Waals surface area contributed by atoms with Crippen LogP contribution in [-0.4, -0.2) is 16.2 Å². The van der Waals surface area contributed by atoms with Gasteiger partial charge in [0.25, 0.3) is 5.91 Å². The molecule has 0 unspecified atom stereocenters. The zero-order valence-electron chi connectivity index (χ0n) is 13.1. The molecule has 0 radical (unpaired) electrons. The third-order valence-corrected chi connectivity index (χ3v) is 5.15. The van der Waals surface area contributed by atoms with Crippen LogP contribution in [0.25, 0.3) is 6.08 Å². The topological polar surface area (TPSA) is 46.6 Å². The first-order valence-corrected chi connectivity index (χ1v) is 9.28. The number of ether oxygens (including phenoxy) is 1. The lowest BCUT2D eigenvalue weighted by Gasteiger charge is -2.14. The molecule has 0 aromatic heterocycles. The van der Waals surface area contributed by atoms with E-state index in [1.807, 2.05) is 24.3 Å². The van der Waals surface area contributed by atoms with E-state index in [2.05, 4.69) is 15.9 Å². The van der Waals surface area contributed by atoms with Gasteiger partial charge in [-0.25, -0.2) is 0 Å². The van der Waals surface area contributed by atoms with Crippen molar-refractivity contribution in [2.45, 2.75) is 6.92 Å². The van der Waals surface area contributed by atoms with Crippen molar-refractivity contribution in [3.63, 3.8) is 0 Å². The van der Waals surface area contributed by atoms with Gasteiger partial charge in [0.1, 0.15) is 5.75 Å². The summed E-state index contributed by atoms with van der Waals surface area (Å²) in [4.78, 5) is 25.7. The molecule has 0 bridgehead atoms. The second-order valence-electron chi connectivity index (χ2n) is 5.16. The van der Waals surface area contributed by atoms with Crippen LogP contribution >= 0.6 is 39.9 Å². The number of esters is 1. The number of nitrogens with zero attached hydrogens (tertiary/aromatic N) is 1. The number of anilines is 1. The molecule has 0 N–H and O–H groups in total. The quantitative estimate of drug-likeness (QED) is 0.301. The van der Waals surface area contributed by atoms with Gasteiger partial charge < -0.3 is 4.74 Å². The molecule has 1 saturated heterocycles. The highest BCUT2D eigenvalue weighted by Crippen LogP contribution is 2.36. The van der Waals surface area contributed by atoms with Crippen LogP contribution in [0.5, 0.6) is 5.75 Å². The van der Waals surface area contributed by atoms with Gasteiger partial charge in [0.2, 0.25) is 0 Å². The van der Waals surface area contributed by atoms with Gasteiger partial charge in [-0.15, -0.1) is 0 Å². The van der Waals surface area contributed by atoms with Crippen LogP contribution in [-0.2, 0) is 9.59 Å². The lowest BCUT2D eigenvalue weighted by atomic mass is 10.2. The second kappa shape index (κ2) is 7.51. The average Bonchev–Trinajstić information content (AvgIpc) is 2.84. The van der Waals surface area contributed by atoms with E-state index in [1.165, 1.54) is 23.6 Å². The number of hydrogen-bond donors (Lipinski definition) is 0. The molecule has 25 heavy (non-hydrogen) atoms. The largest absolute Gasteiger partial charge is 0.427 e. The first-order valence-electron chi connectivity index (χ1n) is 7.26. The van der Waals surface area contributed by atoms with Crippen molar-refractivity contribution in [1.82, 2.24) is 0 Å². The van der Waals surface area contributed by atoms with E-state index in [1.54, 1.807) is 30.3 Å². The maximum absolute atomic E-state index is 12.7. The summed E-state index contributed by atoms with van der Waals surface area (Å²) in [5.41, 5.74) is 1.56. The van der Waals surface area contributed by atoms with Crippen molar-refractivity contribution >= 4 is 67.9 Å². The maximum atomic E-state index is 12.7. The van der Waals surface area contributed by atoms with E-state index in [0.717, 1.165) is 15.7 Å². The van der Waals surface area contributed by atoms with Crippen LogP contribution in [0.15, 0.2) is 57.9 Å². The number of benzene rings is 2. The summed E-state index contributed by atoms with van der Waals surface area (Å²) in [5.74, 6) is -0.0587. The summed E-state index contributed by atoms with van der Waals surface area (Å²) >= 11 is 9.99. The van der Waals surface area contributed by atoms with Gasteiger partial charge in [-0.1, -0.05) is 52.0 Å².